The van der Waals surface area contributed by atoms with Crippen molar-refractivity contribution in [2.24, 2.45) is 10.7 Å². The topological polar surface area (TPSA) is 138 Å². The van der Waals surface area contributed by atoms with Crippen LogP contribution in [-0.2, 0) is 19.9 Å². The molecule has 0 aliphatic carbocycles. The molecule has 4 rings (SSSR count). The van der Waals surface area contributed by atoms with Crippen molar-refractivity contribution in [3.63, 3.8) is 0 Å². The fraction of sp³-hybridized carbons (Fsp3) is 0.333. The molecule has 1 saturated heterocycles. The molecule has 5 N–H and O–H groups in total. The maximum Gasteiger partial charge on any atom is 0.255 e. The Morgan fingerprint density at radius 3 is 2.46 bits per heavy atom. The largest absolute Gasteiger partial charge is 0.379 e. The Kier molecular flexibility index (Phi) is 7.37. The number of amides is 3. The minimum absolute atomic E-state index is 0.295. The van der Waals surface area contributed by atoms with E-state index >= 15 is 0 Å². The Labute approximate surface area is 201 Å². The quantitative estimate of drug-likeness (QED) is 0.424. The summed E-state index contributed by atoms with van der Waals surface area (Å²) in [7, 11) is 0. The average Bonchev–Trinajstić information content (AvgIpc) is 3.32. The molecule has 2 aliphatic heterocycles. The van der Waals surface area contributed by atoms with Crippen molar-refractivity contribution < 1.29 is 23.5 Å². The lowest BCUT2D eigenvalue weighted by Gasteiger charge is -2.32. The van der Waals surface area contributed by atoms with Crippen LogP contribution in [0.25, 0.3) is 0 Å². The van der Waals surface area contributed by atoms with Crippen molar-refractivity contribution in [3.05, 3.63) is 65.5 Å². The van der Waals surface area contributed by atoms with Crippen molar-refractivity contribution in [3.8, 4) is 0 Å². The van der Waals surface area contributed by atoms with E-state index in [0.29, 0.717) is 43.1 Å². The normalized spacial score (nSPS) is 21.8. The van der Waals surface area contributed by atoms with E-state index in [2.05, 4.69) is 25.8 Å². The lowest BCUT2D eigenvalue weighted by Crippen LogP contribution is -2.60. The minimum Gasteiger partial charge on any atom is -0.379 e. The number of hydrogen-bond acceptors (Lipinski definition) is 7. The van der Waals surface area contributed by atoms with Gasteiger partial charge in [-0.2, -0.15) is 0 Å². The SMILES string of the molecule is NC(=O)C1(c2ccc(NC(=O)c3ccc(F)cc3)cc2)NC=NC1C(=O)NCCN1CCOCC1. The van der Waals surface area contributed by atoms with E-state index in [-0.39, 0.29) is 0 Å². The van der Waals surface area contributed by atoms with E-state index in [1.165, 1.54) is 30.6 Å². The van der Waals surface area contributed by atoms with Crippen molar-refractivity contribution >= 4 is 29.7 Å². The van der Waals surface area contributed by atoms with Crippen LogP contribution >= 0.6 is 0 Å². The highest BCUT2D eigenvalue weighted by Crippen LogP contribution is 2.31. The molecular formula is C24H27FN6O4. The molecule has 2 aromatic carbocycles. The third-order valence-corrected chi connectivity index (χ3v) is 6.10. The molecule has 0 radical (unpaired) electrons. The predicted molar refractivity (Wildman–Crippen MR) is 127 cm³/mol. The molecule has 0 spiro atoms. The van der Waals surface area contributed by atoms with Gasteiger partial charge in [0.1, 0.15) is 5.82 Å². The summed E-state index contributed by atoms with van der Waals surface area (Å²) in [6.45, 7) is 3.98. The van der Waals surface area contributed by atoms with Crippen LogP contribution < -0.4 is 21.7 Å². The highest BCUT2D eigenvalue weighted by atomic mass is 19.1. The maximum absolute atomic E-state index is 13.1. The van der Waals surface area contributed by atoms with E-state index in [0.717, 1.165) is 13.1 Å². The van der Waals surface area contributed by atoms with Crippen LogP contribution in [0.5, 0.6) is 0 Å². The number of morpholine rings is 1. The van der Waals surface area contributed by atoms with Crippen molar-refractivity contribution in [2.45, 2.75) is 11.6 Å². The van der Waals surface area contributed by atoms with Gasteiger partial charge in [-0.3, -0.25) is 24.3 Å². The Morgan fingerprint density at radius 1 is 1.11 bits per heavy atom. The van der Waals surface area contributed by atoms with Gasteiger partial charge in [0.2, 0.25) is 5.91 Å². The zero-order valence-corrected chi connectivity index (χ0v) is 19.0. The molecule has 184 valence electrons. The van der Waals surface area contributed by atoms with Crippen LogP contribution in [0.2, 0.25) is 0 Å². The first-order chi connectivity index (χ1) is 16.9. The third-order valence-electron chi connectivity index (χ3n) is 6.10. The summed E-state index contributed by atoms with van der Waals surface area (Å²) in [6, 6.07) is 10.4. The van der Waals surface area contributed by atoms with Crippen LogP contribution in [0, 0.1) is 5.82 Å². The van der Waals surface area contributed by atoms with Gasteiger partial charge in [0, 0.05) is 37.4 Å². The third kappa shape index (κ3) is 5.31. The fourth-order valence-corrected chi connectivity index (χ4v) is 4.14. The number of nitrogens with zero attached hydrogens (tertiary/aromatic N) is 2. The van der Waals surface area contributed by atoms with Crippen molar-refractivity contribution in [1.82, 2.24) is 15.5 Å². The molecule has 1 fully saturated rings. The summed E-state index contributed by atoms with van der Waals surface area (Å²) in [5, 5.41) is 8.42. The molecule has 2 heterocycles. The van der Waals surface area contributed by atoms with Gasteiger partial charge >= 0.3 is 0 Å². The number of rotatable bonds is 8. The summed E-state index contributed by atoms with van der Waals surface area (Å²) in [5.74, 6) is -2.03. The number of carbonyl (C=O) groups excluding carboxylic acids is 3. The van der Waals surface area contributed by atoms with Crippen LogP contribution in [0.15, 0.2) is 53.5 Å². The highest BCUT2D eigenvalue weighted by molar-refractivity contribution is 6.04. The highest BCUT2D eigenvalue weighted by Gasteiger charge is 2.52. The van der Waals surface area contributed by atoms with Gasteiger partial charge in [0.15, 0.2) is 11.6 Å². The van der Waals surface area contributed by atoms with Crippen molar-refractivity contribution in [1.29, 1.82) is 0 Å². The smallest absolute Gasteiger partial charge is 0.255 e. The van der Waals surface area contributed by atoms with E-state index in [4.69, 9.17) is 10.5 Å². The zero-order chi connectivity index (χ0) is 24.8. The van der Waals surface area contributed by atoms with Gasteiger partial charge in [0.05, 0.1) is 19.6 Å². The molecule has 0 bridgehead atoms. The van der Waals surface area contributed by atoms with Gasteiger partial charge in [-0.1, -0.05) is 12.1 Å². The monoisotopic (exact) mass is 482 g/mol. The number of carbonyl (C=O) groups is 3. The zero-order valence-electron chi connectivity index (χ0n) is 19.0. The van der Waals surface area contributed by atoms with Crippen LogP contribution in [0.3, 0.4) is 0 Å². The Bertz CT molecular complexity index is 1100. The predicted octanol–water partition coefficient (Wildman–Crippen LogP) is 0.207. The van der Waals surface area contributed by atoms with Gasteiger partial charge in [-0.05, 0) is 42.0 Å². The number of aliphatic imine (C=N–C) groups is 1. The standard InChI is InChI=1S/C24H27FN6O4/c25-18-5-1-16(2-6-18)21(32)30-19-7-3-17(4-8-19)24(23(26)34)20(28-15-29-24)22(33)27-9-10-31-11-13-35-14-12-31/h1-8,15,20H,9-14H2,(H2,26,34)(H,27,33)(H,28,29)(H,30,32). The molecular weight excluding hydrogens is 455 g/mol. The fourth-order valence-electron chi connectivity index (χ4n) is 4.14. The van der Waals surface area contributed by atoms with Crippen LogP contribution in [0.1, 0.15) is 15.9 Å². The summed E-state index contributed by atoms with van der Waals surface area (Å²) in [5.41, 5.74) is 5.37. The number of nitrogens with two attached hydrogens (primary N) is 1. The van der Waals surface area contributed by atoms with E-state index in [1.54, 1.807) is 24.3 Å². The molecule has 2 aromatic rings. The molecule has 0 saturated carbocycles. The first kappa shape index (κ1) is 24.3. The van der Waals surface area contributed by atoms with Gasteiger partial charge in [-0.15, -0.1) is 0 Å². The van der Waals surface area contributed by atoms with Crippen LogP contribution in [0.4, 0.5) is 10.1 Å². The Morgan fingerprint density at radius 2 is 1.80 bits per heavy atom. The molecule has 2 unspecified atom stereocenters. The van der Waals surface area contributed by atoms with Gasteiger partial charge in [0.25, 0.3) is 11.8 Å². The molecule has 10 nitrogen and oxygen atoms in total. The molecule has 2 atom stereocenters. The van der Waals surface area contributed by atoms with Crippen LogP contribution in [-0.4, -0.2) is 74.4 Å². The number of halogens is 1. The molecule has 0 aromatic heterocycles. The van der Waals surface area contributed by atoms with E-state index in [1.807, 2.05) is 0 Å². The van der Waals surface area contributed by atoms with Gasteiger partial charge < -0.3 is 26.4 Å². The summed E-state index contributed by atoms with van der Waals surface area (Å²) < 4.78 is 18.4. The minimum atomic E-state index is -1.57. The number of ether oxygens (including phenoxy) is 1. The number of hydrogen-bond donors (Lipinski definition) is 4. The molecule has 3 amide bonds. The Hall–Kier alpha value is -3.83. The van der Waals surface area contributed by atoms with Gasteiger partial charge in [-0.25, -0.2) is 4.39 Å². The first-order valence-corrected chi connectivity index (χ1v) is 11.2. The summed E-state index contributed by atoms with van der Waals surface area (Å²) in [4.78, 5) is 44.3. The lowest BCUT2D eigenvalue weighted by atomic mass is 9.82. The second-order valence-electron chi connectivity index (χ2n) is 8.28. The second-order valence-corrected chi connectivity index (χ2v) is 8.28. The maximum atomic E-state index is 13.1. The number of anilines is 1. The lowest BCUT2D eigenvalue weighted by molar-refractivity contribution is -0.131. The second kappa shape index (κ2) is 10.6. The van der Waals surface area contributed by atoms with E-state index in [9.17, 15) is 18.8 Å². The molecule has 11 heteroatoms. The first-order valence-electron chi connectivity index (χ1n) is 11.2. The number of nitrogens with one attached hydrogen (secondary N) is 3. The number of benzene rings is 2. The summed E-state index contributed by atoms with van der Waals surface area (Å²) >= 11 is 0. The number of primary amides is 1. The Balaban J connectivity index is 1.44. The average molecular weight is 483 g/mol. The molecule has 35 heavy (non-hydrogen) atoms. The van der Waals surface area contributed by atoms with E-state index < -0.39 is 35.1 Å². The van der Waals surface area contributed by atoms with Crippen molar-refractivity contribution in [2.75, 3.05) is 44.7 Å². The summed E-state index contributed by atoms with van der Waals surface area (Å²) in [6.07, 6.45) is 1.31. The molecule has 2 aliphatic rings.